The number of benzene rings is 3. The number of ether oxygens (including phenoxy) is 3. The maximum atomic E-state index is 13.1. The Labute approximate surface area is 248 Å². The van der Waals surface area contributed by atoms with Crippen molar-refractivity contribution in [2.75, 3.05) is 13.2 Å². The van der Waals surface area contributed by atoms with Gasteiger partial charge < -0.3 is 14.2 Å². The van der Waals surface area contributed by atoms with Crippen molar-refractivity contribution in [3.05, 3.63) is 107 Å². The molecule has 0 amide bonds. The molecule has 0 N–H and O–H groups in total. The van der Waals surface area contributed by atoms with E-state index in [4.69, 9.17) is 14.2 Å². The second-order valence-corrected chi connectivity index (χ2v) is 11.5. The highest BCUT2D eigenvalue weighted by Crippen LogP contribution is 2.33. The van der Waals surface area contributed by atoms with Crippen molar-refractivity contribution in [2.45, 2.75) is 82.1 Å². The van der Waals surface area contributed by atoms with E-state index in [0.717, 1.165) is 0 Å². The van der Waals surface area contributed by atoms with Gasteiger partial charge in [0.2, 0.25) is 0 Å². The highest BCUT2D eigenvalue weighted by Gasteiger charge is 2.23. The molecule has 2 aliphatic rings. The van der Waals surface area contributed by atoms with Gasteiger partial charge in [0, 0.05) is 0 Å². The molecule has 6 heteroatoms. The molecule has 2 aliphatic carbocycles. The molecule has 1 unspecified atom stereocenters. The third-order valence-electron chi connectivity index (χ3n) is 8.53. The number of carbonyl (C=O) groups is 3. The van der Waals surface area contributed by atoms with Gasteiger partial charge >= 0.3 is 17.9 Å². The third kappa shape index (κ3) is 8.09. The molecule has 3 aromatic carbocycles. The number of hydrogen-bond acceptors (Lipinski definition) is 6. The maximum absolute atomic E-state index is 13.1. The predicted octanol–water partition coefficient (Wildman–Crippen LogP) is 8.02. The summed E-state index contributed by atoms with van der Waals surface area (Å²) in [4.78, 5) is 38.5. The van der Waals surface area contributed by atoms with E-state index in [1.807, 2.05) is 30.3 Å². The van der Waals surface area contributed by atoms with E-state index in [2.05, 4.69) is 0 Å². The molecule has 0 saturated heterocycles. The van der Waals surface area contributed by atoms with Gasteiger partial charge in [-0.1, -0.05) is 81.0 Å². The van der Waals surface area contributed by atoms with E-state index in [1.54, 1.807) is 48.5 Å². The van der Waals surface area contributed by atoms with Crippen LogP contribution in [0.2, 0.25) is 0 Å². The summed E-state index contributed by atoms with van der Waals surface area (Å²) in [5.41, 5.74) is 3.71. The van der Waals surface area contributed by atoms with Crippen molar-refractivity contribution in [3.8, 4) is 0 Å². The number of hydrogen-bond donors (Lipinski definition) is 0. The quantitative estimate of drug-likeness (QED) is 0.182. The number of rotatable bonds is 10. The minimum atomic E-state index is -0.964. The summed E-state index contributed by atoms with van der Waals surface area (Å²) in [6, 6.07) is 23.7. The first-order chi connectivity index (χ1) is 20.6. The van der Waals surface area contributed by atoms with Crippen LogP contribution in [0.5, 0.6) is 0 Å². The van der Waals surface area contributed by atoms with Crippen LogP contribution in [0.3, 0.4) is 0 Å². The smallest absolute Gasteiger partial charge is 0.338 e. The van der Waals surface area contributed by atoms with Crippen LogP contribution >= 0.6 is 0 Å². The Kier molecular flexibility index (Phi) is 10.4. The molecule has 0 radical (unpaired) electrons. The summed E-state index contributed by atoms with van der Waals surface area (Å²) in [6.45, 7) is -0.481. The molecule has 3 aromatic rings. The molecular weight excluding hydrogens is 528 g/mol. The van der Waals surface area contributed by atoms with E-state index in [0.29, 0.717) is 28.5 Å². The van der Waals surface area contributed by atoms with E-state index in [9.17, 15) is 14.4 Å². The zero-order valence-corrected chi connectivity index (χ0v) is 24.2. The summed E-state index contributed by atoms with van der Waals surface area (Å²) in [5, 5.41) is 0. The molecule has 6 nitrogen and oxygen atoms in total. The standard InChI is InChI=1S/C36H40O6/c37-34(30-14-8-3-9-15-30)40-24-33(42-36(39)32-22-18-29(19-23-32)27-12-6-2-7-13-27)25-41-35(38)31-20-16-28(17-21-31)26-10-4-1-5-11-26/h3,8-9,14-23,26-27,33H,1-2,4-7,10-13,24-25H2. The van der Waals surface area contributed by atoms with Gasteiger partial charge in [-0.25, -0.2) is 14.4 Å². The Morgan fingerprint density at radius 2 is 0.929 bits per heavy atom. The molecule has 5 rings (SSSR count). The lowest BCUT2D eigenvalue weighted by molar-refractivity contribution is -0.0253. The fourth-order valence-electron chi connectivity index (χ4n) is 6.07. The first-order valence-corrected chi connectivity index (χ1v) is 15.4. The lowest BCUT2D eigenvalue weighted by Crippen LogP contribution is -2.31. The zero-order valence-electron chi connectivity index (χ0n) is 24.2. The summed E-state index contributed by atoms with van der Waals surface area (Å²) in [7, 11) is 0. The van der Waals surface area contributed by atoms with E-state index in [-0.39, 0.29) is 13.2 Å². The van der Waals surface area contributed by atoms with Crippen molar-refractivity contribution in [1.82, 2.24) is 0 Å². The first-order valence-electron chi connectivity index (χ1n) is 15.4. The Bertz CT molecular complexity index is 1300. The van der Waals surface area contributed by atoms with Gasteiger partial charge in [0.1, 0.15) is 13.2 Å². The maximum Gasteiger partial charge on any atom is 0.338 e. The van der Waals surface area contributed by atoms with Crippen molar-refractivity contribution in [3.63, 3.8) is 0 Å². The SMILES string of the molecule is O=C(OCC(COC(=O)c1ccc(C2CCCCC2)cc1)OC(=O)c1ccc(C2CCCCC2)cc1)c1ccccc1. The van der Waals surface area contributed by atoms with Gasteiger partial charge in [0.05, 0.1) is 16.7 Å². The summed E-state index contributed by atoms with van der Waals surface area (Å²) in [5.74, 6) is -0.539. The topological polar surface area (TPSA) is 78.9 Å². The van der Waals surface area contributed by atoms with Crippen LogP contribution in [-0.4, -0.2) is 37.2 Å². The van der Waals surface area contributed by atoms with E-state index >= 15 is 0 Å². The first kappa shape index (κ1) is 29.6. The summed E-state index contributed by atoms with van der Waals surface area (Å²) in [6.07, 6.45) is 11.3. The monoisotopic (exact) mass is 568 g/mol. The van der Waals surface area contributed by atoms with Crippen molar-refractivity contribution >= 4 is 17.9 Å². The molecule has 0 heterocycles. The lowest BCUT2D eigenvalue weighted by atomic mass is 9.84. The van der Waals surface area contributed by atoms with Crippen LogP contribution in [0, 0.1) is 0 Å². The highest BCUT2D eigenvalue weighted by molar-refractivity contribution is 5.91. The lowest BCUT2D eigenvalue weighted by Gasteiger charge is -2.22. The molecule has 0 aromatic heterocycles. The summed E-state index contributed by atoms with van der Waals surface area (Å²) < 4.78 is 16.7. The average molecular weight is 569 g/mol. The van der Waals surface area contributed by atoms with Gasteiger partial charge in [0.25, 0.3) is 0 Å². The Morgan fingerprint density at radius 1 is 0.524 bits per heavy atom. The van der Waals surface area contributed by atoms with Crippen LogP contribution in [0.25, 0.3) is 0 Å². The minimum Gasteiger partial charge on any atom is -0.458 e. The average Bonchev–Trinajstić information content (AvgIpc) is 3.07. The van der Waals surface area contributed by atoms with Crippen molar-refractivity contribution < 1.29 is 28.6 Å². The Balaban J connectivity index is 1.21. The van der Waals surface area contributed by atoms with Gasteiger partial charge in [-0.05, 0) is 85.0 Å². The molecule has 2 saturated carbocycles. The van der Waals surface area contributed by atoms with Crippen molar-refractivity contribution in [1.29, 1.82) is 0 Å². The third-order valence-corrected chi connectivity index (χ3v) is 8.53. The normalized spacial score (nSPS) is 16.8. The van der Waals surface area contributed by atoms with E-state index < -0.39 is 24.0 Å². The molecule has 0 spiro atoms. The van der Waals surface area contributed by atoms with Gasteiger partial charge in [-0.3, -0.25) is 0 Å². The Morgan fingerprint density at radius 3 is 1.38 bits per heavy atom. The fraction of sp³-hybridized carbons (Fsp3) is 0.417. The Hall–Kier alpha value is -3.93. The van der Waals surface area contributed by atoms with Crippen LogP contribution < -0.4 is 0 Å². The number of carbonyl (C=O) groups excluding carboxylic acids is 3. The van der Waals surface area contributed by atoms with Gasteiger partial charge in [0.15, 0.2) is 6.10 Å². The second-order valence-electron chi connectivity index (χ2n) is 11.5. The highest BCUT2D eigenvalue weighted by atomic mass is 16.6. The summed E-state index contributed by atoms with van der Waals surface area (Å²) >= 11 is 0. The van der Waals surface area contributed by atoms with Gasteiger partial charge in [-0.2, -0.15) is 0 Å². The molecule has 1 atom stereocenters. The molecule has 0 aliphatic heterocycles. The van der Waals surface area contributed by atoms with Crippen LogP contribution in [0.15, 0.2) is 78.9 Å². The zero-order chi connectivity index (χ0) is 29.1. The minimum absolute atomic E-state index is 0.239. The molecule has 42 heavy (non-hydrogen) atoms. The molecule has 220 valence electrons. The fourth-order valence-corrected chi connectivity index (χ4v) is 6.07. The van der Waals surface area contributed by atoms with Crippen molar-refractivity contribution in [2.24, 2.45) is 0 Å². The molecule has 0 bridgehead atoms. The van der Waals surface area contributed by atoms with Crippen LogP contribution in [-0.2, 0) is 14.2 Å². The number of esters is 3. The van der Waals surface area contributed by atoms with Crippen LogP contribution in [0.1, 0.15) is 118 Å². The van der Waals surface area contributed by atoms with E-state index in [1.165, 1.54) is 75.3 Å². The molecular formula is C36H40O6. The molecule has 2 fully saturated rings. The predicted molar refractivity (Wildman–Crippen MR) is 161 cm³/mol. The largest absolute Gasteiger partial charge is 0.458 e. The second kappa shape index (κ2) is 14.8. The van der Waals surface area contributed by atoms with Gasteiger partial charge in [-0.15, -0.1) is 0 Å². The van der Waals surface area contributed by atoms with Crippen LogP contribution in [0.4, 0.5) is 0 Å².